The average molecular weight is 350 g/mol. The number of carbonyl (C=O) groups excluding carboxylic acids is 1. The Balaban J connectivity index is 1.30. The summed E-state index contributed by atoms with van der Waals surface area (Å²) in [5, 5.41) is 4.25. The third-order valence-corrected chi connectivity index (χ3v) is 5.05. The van der Waals surface area contributed by atoms with Crippen molar-refractivity contribution in [2.45, 2.75) is 25.8 Å². The van der Waals surface area contributed by atoms with E-state index in [1.165, 1.54) is 0 Å². The summed E-state index contributed by atoms with van der Waals surface area (Å²) in [5.74, 6) is 0.728. The number of carbonyl (C=O) groups is 1. The second-order valence-electron chi connectivity index (χ2n) is 6.74. The molecule has 1 fully saturated rings. The fourth-order valence-corrected chi connectivity index (χ4v) is 3.46. The number of hydrogen-bond donors (Lipinski definition) is 0. The molecule has 26 heavy (non-hydrogen) atoms. The molecule has 134 valence electrons. The van der Waals surface area contributed by atoms with Crippen molar-refractivity contribution in [3.8, 4) is 11.3 Å². The van der Waals surface area contributed by atoms with Crippen molar-refractivity contribution in [2.75, 3.05) is 13.1 Å². The van der Waals surface area contributed by atoms with Crippen molar-refractivity contribution in [1.82, 2.24) is 19.7 Å². The van der Waals surface area contributed by atoms with Crippen molar-refractivity contribution in [3.05, 3.63) is 60.9 Å². The lowest BCUT2D eigenvalue weighted by atomic mass is 9.93. The first-order valence-corrected chi connectivity index (χ1v) is 9.05. The minimum Gasteiger partial charge on any atom is -0.472 e. The third-order valence-electron chi connectivity index (χ3n) is 5.05. The van der Waals surface area contributed by atoms with Crippen LogP contribution in [0.1, 0.15) is 29.6 Å². The van der Waals surface area contributed by atoms with Gasteiger partial charge in [-0.05, 0) is 49.4 Å². The van der Waals surface area contributed by atoms with E-state index in [2.05, 4.69) is 10.1 Å². The van der Waals surface area contributed by atoms with Crippen LogP contribution >= 0.6 is 0 Å². The maximum absolute atomic E-state index is 12.7. The number of pyridine rings is 1. The molecular formula is C20H22N4O2. The van der Waals surface area contributed by atoms with E-state index in [9.17, 15) is 4.79 Å². The topological polar surface area (TPSA) is 64.2 Å². The summed E-state index contributed by atoms with van der Waals surface area (Å²) in [4.78, 5) is 19.0. The van der Waals surface area contributed by atoms with E-state index in [-0.39, 0.29) is 5.91 Å². The fourth-order valence-electron chi connectivity index (χ4n) is 3.46. The first-order valence-electron chi connectivity index (χ1n) is 9.05. The van der Waals surface area contributed by atoms with Gasteiger partial charge in [-0.25, -0.2) is 0 Å². The van der Waals surface area contributed by atoms with Gasteiger partial charge in [0.25, 0.3) is 5.91 Å². The second-order valence-corrected chi connectivity index (χ2v) is 6.74. The molecule has 0 saturated carbocycles. The van der Waals surface area contributed by atoms with E-state index < -0.39 is 0 Å². The molecule has 0 radical (unpaired) electrons. The molecule has 0 aliphatic carbocycles. The molecule has 1 saturated heterocycles. The van der Waals surface area contributed by atoms with Gasteiger partial charge in [0.05, 0.1) is 23.8 Å². The fraction of sp³-hybridized carbons (Fsp3) is 0.350. The van der Waals surface area contributed by atoms with Gasteiger partial charge in [-0.1, -0.05) is 0 Å². The van der Waals surface area contributed by atoms with Crippen LogP contribution in [0.2, 0.25) is 0 Å². The van der Waals surface area contributed by atoms with Gasteiger partial charge in [-0.3, -0.25) is 14.5 Å². The van der Waals surface area contributed by atoms with E-state index in [1.807, 2.05) is 46.2 Å². The molecular weight excluding hydrogens is 328 g/mol. The number of aromatic nitrogens is 3. The Kier molecular flexibility index (Phi) is 4.82. The Hall–Kier alpha value is -2.89. The molecule has 3 aromatic heterocycles. The van der Waals surface area contributed by atoms with E-state index in [4.69, 9.17) is 4.42 Å². The lowest BCUT2D eigenvalue weighted by Gasteiger charge is -2.32. The van der Waals surface area contributed by atoms with Gasteiger partial charge < -0.3 is 9.32 Å². The number of piperidine rings is 1. The predicted octanol–water partition coefficient (Wildman–Crippen LogP) is 3.48. The summed E-state index contributed by atoms with van der Waals surface area (Å²) in [6.07, 6.45) is 12.0. The Bertz CT molecular complexity index is 817. The predicted molar refractivity (Wildman–Crippen MR) is 97.4 cm³/mol. The zero-order chi connectivity index (χ0) is 17.8. The lowest BCUT2D eigenvalue weighted by Crippen LogP contribution is -2.38. The third kappa shape index (κ3) is 3.69. The van der Waals surface area contributed by atoms with Crippen LogP contribution < -0.4 is 0 Å². The standard InChI is InChI=1S/C20H22N4O2/c25-20(17-2-3-19(21-14-17)18-7-13-26-15-18)23-10-4-16(5-11-23)6-12-24-9-1-8-22-24/h1-3,7-9,13-16H,4-6,10-12H2. The van der Waals surface area contributed by atoms with Crippen LogP contribution in [0.5, 0.6) is 0 Å². The highest BCUT2D eigenvalue weighted by Gasteiger charge is 2.23. The number of amides is 1. The molecule has 1 aliphatic heterocycles. The number of furan rings is 1. The molecule has 6 heteroatoms. The van der Waals surface area contributed by atoms with Crippen LogP contribution in [-0.2, 0) is 6.54 Å². The quantitative estimate of drug-likeness (QED) is 0.707. The summed E-state index contributed by atoms with van der Waals surface area (Å²) in [6.45, 7) is 2.57. The molecule has 3 aromatic rings. The molecule has 4 heterocycles. The molecule has 0 spiro atoms. The molecule has 1 aliphatic rings. The van der Waals surface area contributed by atoms with Gasteiger partial charge in [0.15, 0.2) is 0 Å². The minimum absolute atomic E-state index is 0.0711. The average Bonchev–Trinajstić information content (AvgIpc) is 3.40. The van der Waals surface area contributed by atoms with Gasteiger partial charge in [0.2, 0.25) is 0 Å². The number of nitrogens with zero attached hydrogens (tertiary/aromatic N) is 4. The lowest BCUT2D eigenvalue weighted by molar-refractivity contribution is 0.0684. The summed E-state index contributed by atoms with van der Waals surface area (Å²) in [6, 6.07) is 7.53. The van der Waals surface area contributed by atoms with E-state index >= 15 is 0 Å². The molecule has 0 aromatic carbocycles. The maximum atomic E-state index is 12.7. The van der Waals surface area contributed by atoms with Crippen LogP contribution in [0, 0.1) is 5.92 Å². The first kappa shape index (κ1) is 16.6. The highest BCUT2D eigenvalue weighted by Crippen LogP contribution is 2.23. The van der Waals surface area contributed by atoms with Gasteiger partial charge >= 0.3 is 0 Å². The Morgan fingerprint density at radius 3 is 2.77 bits per heavy atom. The smallest absolute Gasteiger partial charge is 0.255 e. The number of rotatable bonds is 5. The van der Waals surface area contributed by atoms with Crippen molar-refractivity contribution in [2.24, 2.45) is 5.92 Å². The van der Waals surface area contributed by atoms with E-state index in [0.717, 1.165) is 50.2 Å². The summed E-state index contributed by atoms with van der Waals surface area (Å²) in [5.41, 5.74) is 2.38. The van der Waals surface area contributed by atoms with Crippen LogP contribution in [0.25, 0.3) is 11.3 Å². The molecule has 4 rings (SSSR count). The molecule has 0 unspecified atom stereocenters. The minimum atomic E-state index is 0.0711. The Morgan fingerprint density at radius 1 is 1.23 bits per heavy atom. The van der Waals surface area contributed by atoms with Crippen molar-refractivity contribution < 1.29 is 9.21 Å². The highest BCUT2D eigenvalue weighted by atomic mass is 16.3. The van der Waals surface area contributed by atoms with Gasteiger partial charge in [-0.2, -0.15) is 5.10 Å². The summed E-state index contributed by atoms with van der Waals surface area (Å²) in [7, 11) is 0. The van der Waals surface area contributed by atoms with Gasteiger partial charge in [0, 0.05) is 43.8 Å². The Morgan fingerprint density at radius 2 is 2.12 bits per heavy atom. The Labute approximate surface area is 152 Å². The maximum Gasteiger partial charge on any atom is 0.255 e. The van der Waals surface area contributed by atoms with Crippen molar-refractivity contribution in [1.29, 1.82) is 0 Å². The van der Waals surface area contributed by atoms with Crippen LogP contribution in [0.4, 0.5) is 0 Å². The molecule has 6 nitrogen and oxygen atoms in total. The zero-order valence-electron chi connectivity index (χ0n) is 14.6. The first-order chi connectivity index (χ1) is 12.8. The molecule has 0 bridgehead atoms. The van der Waals surface area contributed by atoms with Crippen LogP contribution in [-0.4, -0.2) is 38.7 Å². The normalized spacial score (nSPS) is 15.3. The highest BCUT2D eigenvalue weighted by molar-refractivity contribution is 5.94. The van der Waals surface area contributed by atoms with Crippen LogP contribution in [0.3, 0.4) is 0 Å². The van der Waals surface area contributed by atoms with Crippen molar-refractivity contribution >= 4 is 5.91 Å². The van der Waals surface area contributed by atoms with Gasteiger partial charge in [0.1, 0.15) is 0 Å². The molecule has 0 atom stereocenters. The SMILES string of the molecule is O=C(c1ccc(-c2ccoc2)nc1)N1CCC(CCn2cccn2)CC1. The number of aryl methyl sites for hydroxylation is 1. The number of hydrogen-bond acceptors (Lipinski definition) is 4. The van der Waals surface area contributed by atoms with Gasteiger partial charge in [-0.15, -0.1) is 0 Å². The second kappa shape index (κ2) is 7.56. The number of likely N-dealkylation sites (tertiary alicyclic amines) is 1. The molecule has 1 amide bonds. The monoisotopic (exact) mass is 350 g/mol. The zero-order valence-corrected chi connectivity index (χ0v) is 14.6. The van der Waals surface area contributed by atoms with E-state index in [1.54, 1.807) is 18.7 Å². The van der Waals surface area contributed by atoms with Crippen molar-refractivity contribution in [3.63, 3.8) is 0 Å². The van der Waals surface area contributed by atoms with E-state index in [0.29, 0.717) is 11.5 Å². The van der Waals surface area contributed by atoms with Crippen LogP contribution in [0.15, 0.2) is 59.8 Å². The summed E-state index contributed by atoms with van der Waals surface area (Å²) < 4.78 is 7.05. The molecule has 0 N–H and O–H groups in total. The summed E-state index contributed by atoms with van der Waals surface area (Å²) >= 11 is 0. The largest absolute Gasteiger partial charge is 0.472 e.